The van der Waals surface area contributed by atoms with Crippen molar-refractivity contribution in [1.82, 2.24) is 9.97 Å². The molecule has 0 saturated carbocycles. The molecule has 24 heavy (non-hydrogen) atoms. The molecule has 114 valence electrons. The van der Waals surface area contributed by atoms with E-state index in [9.17, 15) is 0 Å². The molecule has 0 aromatic carbocycles. The summed E-state index contributed by atoms with van der Waals surface area (Å²) in [7, 11) is 0. The molecule has 3 aliphatic rings. The lowest BCUT2D eigenvalue weighted by Crippen LogP contribution is -2.77. The highest BCUT2D eigenvalue weighted by Gasteiger charge is 2.10. The molecule has 1 aliphatic carbocycles. The number of hydrogen-bond donors (Lipinski definition) is 2. The fraction of sp³-hybridized carbons (Fsp3) is 0. The van der Waals surface area contributed by atoms with E-state index in [-0.39, 0.29) is 0 Å². The summed E-state index contributed by atoms with van der Waals surface area (Å²) in [5.41, 5.74) is 9.89. The van der Waals surface area contributed by atoms with Gasteiger partial charge in [0.1, 0.15) is 11.4 Å². The first kappa shape index (κ1) is 13.2. The lowest BCUT2D eigenvalue weighted by atomic mass is 10.2. The predicted octanol–water partition coefficient (Wildman–Crippen LogP) is 0.974. The minimum absolute atomic E-state index is 0.960. The van der Waals surface area contributed by atoms with E-state index in [4.69, 9.17) is 0 Å². The molecule has 0 unspecified atom stereocenters. The van der Waals surface area contributed by atoms with Crippen LogP contribution in [-0.4, -0.2) is 4.98 Å². The van der Waals surface area contributed by atoms with Crippen LogP contribution in [0.15, 0.2) is 82.9 Å². The molecular formula is C21H15N3. The highest BCUT2D eigenvalue weighted by molar-refractivity contribution is 5.60. The monoisotopic (exact) mass is 309 g/mol. The maximum atomic E-state index is 4.66. The van der Waals surface area contributed by atoms with E-state index in [0.717, 1.165) is 33.2 Å². The third-order valence-corrected chi connectivity index (χ3v) is 4.20. The zero-order valence-electron chi connectivity index (χ0n) is 13.0. The Labute approximate surface area is 139 Å². The van der Waals surface area contributed by atoms with E-state index in [1.807, 2.05) is 12.1 Å². The molecule has 0 saturated heterocycles. The van der Waals surface area contributed by atoms with E-state index in [0.29, 0.717) is 0 Å². The number of nitrogens with one attached hydrogen (secondary N) is 1. The van der Waals surface area contributed by atoms with Gasteiger partial charge in [-0.1, -0.05) is 18.2 Å². The van der Waals surface area contributed by atoms with Gasteiger partial charge in [0.15, 0.2) is 0 Å². The Bertz CT molecular complexity index is 1150. The molecule has 2 aromatic rings. The highest BCUT2D eigenvalue weighted by atomic mass is 14.9. The Morgan fingerprint density at radius 3 is 2.21 bits per heavy atom. The summed E-state index contributed by atoms with van der Waals surface area (Å²) in [6.45, 7) is 0. The molecule has 4 heterocycles. The zero-order chi connectivity index (χ0) is 15.9. The second-order valence-corrected chi connectivity index (χ2v) is 6.09. The van der Waals surface area contributed by atoms with Gasteiger partial charge in [-0.3, -0.25) is 5.32 Å². The van der Waals surface area contributed by atoms with Gasteiger partial charge in [0.05, 0.1) is 0 Å². The first-order valence-corrected chi connectivity index (χ1v) is 7.98. The van der Waals surface area contributed by atoms with Gasteiger partial charge in [0.2, 0.25) is 0 Å². The minimum atomic E-state index is 0.960. The Kier molecular flexibility index (Phi) is 2.83. The quantitative estimate of drug-likeness (QED) is 0.700. The molecule has 0 spiro atoms. The molecule has 3 heteroatoms. The van der Waals surface area contributed by atoms with Crippen LogP contribution in [-0.2, 0) is 0 Å². The van der Waals surface area contributed by atoms with E-state index in [2.05, 4.69) is 81.8 Å². The van der Waals surface area contributed by atoms with Gasteiger partial charge in [0, 0.05) is 40.1 Å². The summed E-state index contributed by atoms with van der Waals surface area (Å²) in [6, 6.07) is 8.24. The van der Waals surface area contributed by atoms with E-state index >= 15 is 0 Å². The molecule has 0 amide bonds. The van der Waals surface area contributed by atoms with Crippen molar-refractivity contribution in [2.24, 2.45) is 0 Å². The van der Waals surface area contributed by atoms with Crippen molar-refractivity contribution in [2.45, 2.75) is 0 Å². The summed E-state index contributed by atoms with van der Waals surface area (Å²) in [5.74, 6) is 0. The lowest BCUT2D eigenvalue weighted by Gasteiger charge is -2.03. The first-order chi connectivity index (χ1) is 11.8. The topological polar surface area (TPSA) is 46.5 Å². The van der Waals surface area contributed by atoms with Crippen LogP contribution >= 0.6 is 0 Å². The van der Waals surface area contributed by atoms with Gasteiger partial charge < -0.3 is 9.97 Å². The minimum Gasteiger partial charge on any atom is -0.658 e. The van der Waals surface area contributed by atoms with Gasteiger partial charge in [-0.05, 0) is 36.4 Å². The Hall–Kier alpha value is -3.26. The molecule has 2 aliphatic heterocycles. The van der Waals surface area contributed by atoms with Gasteiger partial charge >= 0.3 is 0 Å². The number of quaternary nitrogens is 1. The third-order valence-electron chi connectivity index (χ3n) is 4.20. The Morgan fingerprint density at radius 1 is 0.708 bits per heavy atom. The van der Waals surface area contributed by atoms with Crippen molar-refractivity contribution in [3.63, 3.8) is 0 Å². The number of allylic oxidation sites excluding steroid dienone is 6. The number of fused-ring (bicyclic) bond motifs is 6. The largest absolute Gasteiger partial charge is 0.658 e. The lowest BCUT2D eigenvalue weighted by molar-refractivity contribution is -0.537. The number of nitrogens with zero attached hydrogens (tertiary/aromatic N) is 1. The van der Waals surface area contributed by atoms with E-state index in [1.54, 1.807) is 0 Å². The van der Waals surface area contributed by atoms with Crippen LogP contribution in [0, 0.1) is 0 Å². The summed E-state index contributed by atoms with van der Waals surface area (Å²) < 4.78 is 0. The second-order valence-electron chi connectivity index (χ2n) is 6.09. The van der Waals surface area contributed by atoms with Gasteiger partial charge in [-0.2, -0.15) is 0 Å². The number of aromatic nitrogens is 2. The van der Waals surface area contributed by atoms with Crippen LogP contribution in [0.1, 0.15) is 11.4 Å². The van der Waals surface area contributed by atoms with Crippen LogP contribution in [0.2, 0.25) is 0 Å². The van der Waals surface area contributed by atoms with Crippen molar-refractivity contribution in [3.8, 4) is 0 Å². The average Bonchev–Trinajstić information content (AvgIpc) is 3.32. The second kappa shape index (κ2) is 5.14. The number of rotatable bonds is 0. The van der Waals surface area contributed by atoms with Gasteiger partial charge in [-0.25, -0.2) is 0 Å². The van der Waals surface area contributed by atoms with Crippen LogP contribution in [0.4, 0.5) is 0 Å². The summed E-state index contributed by atoms with van der Waals surface area (Å²) in [5, 5.41) is 4.28. The van der Waals surface area contributed by atoms with E-state index in [1.165, 1.54) is 11.4 Å². The smallest absolute Gasteiger partial charge is 0.136 e. The molecule has 8 bridgehead atoms. The van der Waals surface area contributed by atoms with Crippen molar-refractivity contribution in [2.75, 3.05) is 0 Å². The summed E-state index contributed by atoms with van der Waals surface area (Å²) >= 11 is 0. The molecule has 5 rings (SSSR count). The fourth-order valence-corrected chi connectivity index (χ4v) is 3.09. The predicted molar refractivity (Wildman–Crippen MR) is 94.6 cm³/mol. The van der Waals surface area contributed by atoms with Crippen LogP contribution in [0.3, 0.4) is 0 Å². The SMILES string of the molecule is C1=C2C=CC=1/C=c1/cc/c([nH]1)=C/c1ccc([n-]1)/C=C1C=C/C(=C/2)[NH2+]/1. The molecule has 3 nitrogen and oxygen atoms in total. The first-order valence-electron chi connectivity index (χ1n) is 7.98. The molecule has 3 N–H and O–H groups in total. The van der Waals surface area contributed by atoms with Gasteiger partial charge in [-0.15, -0.1) is 17.1 Å². The molecular weight excluding hydrogens is 294 g/mol. The highest BCUT2D eigenvalue weighted by Crippen LogP contribution is 2.14. The third kappa shape index (κ3) is 2.48. The zero-order valence-corrected chi connectivity index (χ0v) is 13.0. The standard InChI is InChI=1S/C21H14N3/c1-2-15-9-14(1)10-16-3-5-18(22-16)12-20-7-8-21(24-20)13-19-6-4-17(11-15)23-19/h1-8,10-13,22-23H/q-1/p+1/b16-10-,17-11-,18-12-,19-13-. The summed E-state index contributed by atoms with van der Waals surface area (Å²) in [4.78, 5) is 8.06. The number of hydrogen-bond acceptors (Lipinski definition) is 0. The summed E-state index contributed by atoms with van der Waals surface area (Å²) in [6.07, 6.45) is 16.9. The fourth-order valence-electron chi connectivity index (χ4n) is 3.09. The Balaban J connectivity index is 1.73. The Morgan fingerprint density at radius 2 is 1.38 bits per heavy atom. The maximum Gasteiger partial charge on any atom is 0.136 e. The van der Waals surface area contributed by atoms with Crippen molar-refractivity contribution in [1.29, 1.82) is 0 Å². The molecule has 0 atom stereocenters. The van der Waals surface area contributed by atoms with Crippen LogP contribution in [0.25, 0.3) is 18.2 Å². The van der Waals surface area contributed by atoms with Crippen molar-refractivity contribution in [3.05, 3.63) is 105 Å². The van der Waals surface area contributed by atoms with Gasteiger partial charge in [0.25, 0.3) is 0 Å². The molecule has 0 radical (unpaired) electrons. The number of nitrogens with two attached hydrogens (primary N) is 1. The number of H-pyrrole nitrogens is 1. The van der Waals surface area contributed by atoms with Crippen LogP contribution in [0.5, 0.6) is 0 Å². The normalized spacial score (nSPS) is 24.8. The molecule has 2 aromatic heterocycles. The average molecular weight is 309 g/mol. The van der Waals surface area contributed by atoms with Crippen LogP contribution < -0.4 is 21.0 Å². The molecule has 0 fully saturated rings. The maximum absolute atomic E-state index is 4.66. The van der Waals surface area contributed by atoms with Crippen molar-refractivity contribution < 1.29 is 5.32 Å². The van der Waals surface area contributed by atoms with E-state index < -0.39 is 0 Å². The van der Waals surface area contributed by atoms with Crippen molar-refractivity contribution >= 4 is 18.2 Å². The number of aromatic amines is 1.